The number of hydrogen-bond acceptors (Lipinski definition) is 4. The number of nitrogens with zero attached hydrogens (tertiary/aromatic N) is 3. The topological polar surface area (TPSA) is 59.4 Å². The van der Waals surface area contributed by atoms with Crippen LogP contribution in [0.4, 0.5) is 30.2 Å². The van der Waals surface area contributed by atoms with Crippen molar-refractivity contribution in [3.8, 4) is 17.2 Å². The van der Waals surface area contributed by atoms with Crippen LogP contribution in [0.3, 0.4) is 0 Å². The number of benzene rings is 3. The van der Waals surface area contributed by atoms with Gasteiger partial charge in [0.2, 0.25) is 0 Å². The van der Waals surface area contributed by atoms with Crippen LogP contribution in [0.25, 0.3) is 11.1 Å². The molecule has 0 aromatic heterocycles. The lowest BCUT2D eigenvalue weighted by Crippen LogP contribution is -2.44. The van der Waals surface area contributed by atoms with Gasteiger partial charge in [0.25, 0.3) is 5.91 Å². The number of rotatable bonds is 5. The van der Waals surface area contributed by atoms with E-state index in [-0.39, 0.29) is 10.8 Å². The molecular formula is C27H23F3N4OS. The van der Waals surface area contributed by atoms with Gasteiger partial charge in [-0.05, 0) is 86.6 Å². The van der Waals surface area contributed by atoms with Crippen LogP contribution in [-0.2, 0) is 11.0 Å². The minimum Gasteiger partial charge on any atom is -0.385 e. The Kier molecular flexibility index (Phi) is 6.50. The first-order valence-electron chi connectivity index (χ1n) is 11.2. The van der Waals surface area contributed by atoms with Gasteiger partial charge in [-0.1, -0.05) is 24.3 Å². The molecule has 0 radical (unpaired) electrons. The van der Waals surface area contributed by atoms with Crippen molar-refractivity contribution < 1.29 is 18.0 Å². The number of carbonyl (C=O) groups excluding carboxylic acids is 1. The first-order valence-corrected chi connectivity index (χ1v) is 11.6. The van der Waals surface area contributed by atoms with Crippen molar-refractivity contribution in [1.29, 1.82) is 5.26 Å². The lowest BCUT2D eigenvalue weighted by molar-refractivity contribution is -0.137. The summed E-state index contributed by atoms with van der Waals surface area (Å²) in [7, 11) is 0. The highest BCUT2D eigenvalue weighted by Crippen LogP contribution is 2.40. The average molecular weight is 509 g/mol. The van der Waals surface area contributed by atoms with E-state index in [1.807, 2.05) is 55.5 Å². The highest BCUT2D eigenvalue weighted by molar-refractivity contribution is 7.81. The molecule has 9 heteroatoms. The molecule has 36 heavy (non-hydrogen) atoms. The number of nitriles is 1. The Morgan fingerprint density at radius 3 is 2.06 bits per heavy atom. The minimum absolute atomic E-state index is 0.0377. The molecule has 0 atom stereocenters. The molecule has 0 saturated carbocycles. The zero-order chi connectivity index (χ0) is 26.3. The average Bonchev–Trinajstić information content (AvgIpc) is 3.02. The summed E-state index contributed by atoms with van der Waals surface area (Å²) in [5.41, 5.74) is 0.836. The van der Waals surface area contributed by atoms with Crippen LogP contribution in [0.2, 0.25) is 0 Å². The van der Waals surface area contributed by atoms with Crippen molar-refractivity contribution in [1.82, 2.24) is 0 Å². The molecule has 4 rings (SSSR count). The van der Waals surface area contributed by atoms with Crippen molar-refractivity contribution in [3.05, 3.63) is 77.9 Å². The normalized spacial score (nSPS) is 15.2. The highest BCUT2D eigenvalue weighted by atomic mass is 32.1. The molecule has 1 N–H and O–H groups in total. The van der Waals surface area contributed by atoms with Gasteiger partial charge in [-0.25, -0.2) is 0 Å². The molecule has 1 fully saturated rings. The largest absolute Gasteiger partial charge is 0.417 e. The molecule has 0 unspecified atom stereocenters. The zero-order valence-corrected chi connectivity index (χ0v) is 20.7. The van der Waals surface area contributed by atoms with E-state index in [4.69, 9.17) is 17.5 Å². The Labute approximate surface area is 212 Å². The second-order valence-electron chi connectivity index (χ2n) is 8.81. The number of amides is 1. The molecule has 1 aliphatic rings. The van der Waals surface area contributed by atoms with E-state index in [0.717, 1.165) is 40.4 Å². The Hall–Kier alpha value is -3.90. The van der Waals surface area contributed by atoms with E-state index in [2.05, 4.69) is 5.32 Å². The zero-order valence-electron chi connectivity index (χ0n) is 19.8. The number of alkyl halides is 3. The van der Waals surface area contributed by atoms with Crippen molar-refractivity contribution >= 4 is 40.3 Å². The summed E-state index contributed by atoms with van der Waals surface area (Å²) < 4.78 is 40.6. The summed E-state index contributed by atoms with van der Waals surface area (Å²) in [4.78, 5) is 16.1. The van der Waals surface area contributed by atoms with Crippen LogP contribution in [0.15, 0.2) is 66.7 Å². The number of nitrogens with one attached hydrogen (secondary N) is 1. The quantitative estimate of drug-likeness (QED) is 0.394. The predicted octanol–water partition coefficient (Wildman–Crippen LogP) is 6.59. The first kappa shape index (κ1) is 25.2. The number of thiocarbonyl (C=S) groups is 1. The van der Waals surface area contributed by atoms with E-state index in [1.165, 1.54) is 6.07 Å². The van der Waals surface area contributed by atoms with Crippen molar-refractivity contribution in [2.45, 2.75) is 32.5 Å². The summed E-state index contributed by atoms with van der Waals surface area (Å²) in [5.74, 6) is -0.464. The molecule has 1 aliphatic heterocycles. The van der Waals surface area contributed by atoms with E-state index in [1.54, 1.807) is 24.8 Å². The van der Waals surface area contributed by atoms with Gasteiger partial charge in [0.15, 0.2) is 5.11 Å². The molecule has 1 heterocycles. The van der Waals surface area contributed by atoms with Crippen molar-refractivity contribution in [2.75, 3.05) is 21.7 Å². The Bertz CT molecular complexity index is 1360. The molecular weight excluding hydrogens is 485 g/mol. The van der Waals surface area contributed by atoms with Crippen LogP contribution in [0.5, 0.6) is 0 Å². The summed E-state index contributed by atoms with van der Waals surface area (Å²) in [6, 6.07) is 20.2. The van der Waals surface area contributed by atoms with E-state index in [0.29, 0.717) is 5.69 Å². The highest BCUT2D eigenvalue weighted by Gasteiger charge is 2.50. The van der Waals surface area contributed by atoms with E-state index < -0.39 is 28.7 Å². The number of carbonyl (C=O) groups is 1. The Balaban J connectivity index is 1.67. The maximum absolute atomic E-state index is 13.5. The molecule has 0 aliphatic carbocycles. The molecule has 1 amide bonds. The smallest absolute Gasteiger partial charge is 0.385 e. The van der Waals surface area contributed by atoms with Gasteiger partial charge < -0.3 is 10.2 Å². The summed E-state index contributed by atoms with van der Waals surface area (Å²) in [5, 5.41) is 12.4. The fourth-order valence-corrected chi connectivity index (χ4v) is 4.77. The van der Waals surface area contributed by atoms with Gasteiger partial charge in [0, 0.05) is 17.9 Å². The van der Waals surface area contributed by atoms with Crippen molar-refractivity contribution in [2.24, 2.45) is 0 Å². The molecule has 0 spiro atoms. The fraction of sp³-hybridized carbons (Fsp3) is 0.222. The molecule has 1 saturated heterocycles. The standard InChI is InChI=1S/C27H23F3N4OS/c1-4-32-20-10-5-17(6-11-20)18-7-12-21(13-8-18)34-25(36)33(24(35)26(34,2)3)22-14-9-19(16-31)23(15-22)27(28,29)30/h5-15,32H,4H2,1-3H3. The third kappa shape index (κ3) is 4.40. The maximum atomic E-state index is 13.5. The molecule has 3 aromatic rings. The van der Waals surface area contributed by atoms with Gasteiger partial charge in [0.05, 0.1) is 22.9 Å². The van der Waals surface area contributed by atoms with E-state index >= 15 is 0 Å². The third-order valence-electron chi connectivity index (χ3n) is 6.08. The fourth-order valence-electron chi connectivity index (χ4n) is 4.25. The van der Waals surface area contributed by atoms with Gasteiger partial charge in [-0.2, -0.15) is 18.4 Å². The number of hydrogen-bond donors (Lipinski definition) is 1. The lowest BCUT2D eigenvalue weighted by Gasteiger charge is -2.29. The predicted molar refractivity (Wildman–Crippen MR) is 139 cm³/mol. The molecule has 0 bridgehead atoms. The van der Waals surface area contributed by atoms with Gasteiger partial charge in [-0.15, -0.1) is 0 Å². The van der Waals surface area contributed by atoms with Gasteiger partial charge in [-0.3, -0.25) is 9.69 Å². The van der Waals surface area contributed by atoms with Crippen LogP contribution in [0, 0.1) is 11.3 Å². The van der Waals surface area contributed by atoms with Crippen molar-refractivity contribution in [3.63, 3.8) is 0 Å². The second-order valence-corrected chi connectivity index (χ2v) is 9.18. The third-order valence-corrected chi connectivity index (χ3v) is 6.45. The lowest BCUT2D eigenvalue weighted by atomic mass is 10.0. The monoisotopic (exact) mass is 508 g/mol. The number of halogens is 3. The molecule has 5 nitrogen and oxygen atoms in total. The van der Waals surface area contributed by atoms with Crippen LogP contribution < -0.4 is 15.1 Å². The first-order chi connectivity index (χ1) is 17.0. The Morgan fingerprint density at radius 1 is 0.972 bits per heavy atom. The SMILES string of the molecule is CCNc1ccc(-c2ccc(N3C(=S)N(c4ccc(C#N)c(C(F)(F)F)c4)C(=O)C3(C)C)cc2)cc1. The minimum atomic E-state index is -4.75. The molecule has 3 aromatic carbocycles. The van der Waals surface area contributed by atoms with Gasteiger partial charge in [0.1, 0.15) is 5.54 Å². The summed E-state index contributed by atoms with van der Waals surface area (Å²) in [6.07, 6.45) is -4.75. The maximum Gasteiger partial charge on any atom is 0.417 e. The van der Waals surface area contributed by atoms with E-state index in [9.17, 15) is 18.0 Å². The van der Waals surface area contributed by atoms with Crippen LogP contribution in [-0.4, -0.2) is 23.1 Å². The van der Waals surface area contributed by atoms with Gasteiger partial charge >= 0.3 is 6.18 Å². The Morgan fingerprint density at radius 2 is 1.53 bits per heavy atom. The number of anilines is 3. The summed E-state index contributed by atoms with van der Waals surface area (Å²) in [6.45, 7) is 6.20. The van der Waals surface area contributed by atoms with Crippen LogP contribution >= 0.6 is 12.2 Å². The molecule has 184 valence electrons. The second kappa shape index (κ2) is 9.28. The summed E-state index contributed by atoms with van der Waals surface area (Å²) >= 11 is 5.59. The van der Waals surface area contributed by atoms with Crippen LogP contribution in [0.1, 0.15) is 31.9 Å².